The van der Waals surface area contributed by atoms with Gasteiger partial charge in [-0.1, -0.05) is 19.1 Å². The third kappa shape index (κ3) is 4.15. The number of hydrogen-bond acceptors (Lipinski definition) is 3. The number of carbonyl (C=O) groups excluding carboxylic acids is 1. The molecule has 2 rings (SSSR count). The summed E-state index contributed by atoms with van der Waals surface area (Å²) in [6.45, 7) is 3.23. The van der Waals surface area contributed by atoms with E-state index in [9.17, 15) is 4.79 Å². The smallest absolute Gasteiger partial charge is 0.223 e. The Kier molecular flexibility index (Phi) is 5.27. The highest BCUT2D eigenvalue weighted by molar-refractivity contribution is 5.78. The molecule has 0 bridgehead atoms. The minimum absolute atomic E-state index is 0.168. The minimum Gasteiger partial charge on any atom is -0.490 e. The van der Waals surface area contributed by atoms with Gasteiger partial charge in [-0.05, 0) is 43.7 Å². The number of nitrogen functional groups attached to an aromatic ring is 1. The lowest BCUT2D eigenvalue weighted by Crippen LogP contribution is -2.35. The Morgan fingerprint density at radius 3 is 2.70 bits per heavy atom. The van der Waals surface area contributed by atoms with Crippen LogP contribution in [0.3, 0.4) is 0 Å². The van der Waals surface area contributed by atoms with Crippen molar-refractivity contribution in [1.29, 1.82) is 0 Å². The molecule has 0 atom stereocenters. The van der Waals surface area contributed by atoms with Crippen LogP contribution in [-0.2, 0) is 4.79 Å². The second kappa shape index (κ2) is 7.17. The Morgan fingerprint density at radius 1 is 1.30 bits per heavy atom. The summed E-state index contributed by atoms with van der Waals surface area (Å²) in [6, 6.07) is 7.39. The zero-order valence-corrected chi connectivity index (χ0v) is 12.1. The predicted molar refractivity (Wildman–Crippen MR) is 80.5 cm³/mol. The summed E-state index contributed by atoms with van der Waals surface area (Å²) in [7, 11) is 0. The molecule has 1 fully saturated rings. The molecule has 1 aliphatic rings. The molecule has 110 valence electrons. The van der Waals surface area contributed by atoms with Crippen molar-refractivity contribution in [2.24, 2.45) is 11.8 Å². The van der Waals surface area contributed by atoms with Crippen molar-refractivity contribution >= 4 is 11.6 Å². The Labute approximate surface area is 120 Å². The van der Waals surface area contributed by atoms with Crippen LogP contribution in [0, 0.1) is 11.8 Å². The van der Waals surface area contributed by atoms with Gasteiger partial charge in [0, 0.05) is 5.92 Å². The molecule has 4 heteroatoms. The summed E-state index contributed by atoms with van der Waals surface area (Å²) in [5.41, 5.74) is 6.41. The second-order valence-corrected chi connectivity index (χ2v) is 5.63. The number of rotatable bonds is 5. The topological polar surface area (TPSA) is 64.3 Å². The van der Waals surface area contributed by atoms with Gasteiger partial charge < -0.3 is 15.8 Å². The van der Waals surface area contributed by atoms with Gasteiger partial charge in [0.15, 0.2) is 0 Å². The fraction of sp³-hybridized carbons (Fsp3) is 0.562. The van der Waals surface area contributed by atoms with E-state index in [4.69, 9.17) is 10.5 Å². The van der Waals surface area contributed by atoms with E-state index >= 15 is 0 Å². The van der Waals surface area contributed by atoms with Crippen molar-refractivity contribution in [3.05, 3.63) is 24.3 Å². The van der Waals surface area contributed by atoms with Crippen molar-refractivity contribution in [3.8, 4) is 5.75 Å². The lowest BCUT2D eigenvalue weighted by molar-refractivity contribution is -0.126. The van der Waals surface area contributed by atoms with Gasteiger partial charge in [0.25, 0.3) is 0 Å². The Bertz CT molecular complexity index is 440. The van der Waals surface area contributed by atoms with Crippen molar-refractivity contribution in [2.45, 2.75) is 32.6 Å². The normalized spacial score (nSPS) is 22.2. The molecule has 3 N–H and O–H groups in total. The summed E-state index contributed by atoms with van der Waals surface area (Å²) in [6.07, 6.45) is 4.35. The number of carbonyl (C=O) groups is 1. The van der Waals surface area contributed by atoms with Crippen molar-refractivity contribution in [2.75, 3.05) is 18.9 Å². The van der Waals surface area contributed by atoms with Gasteiger partial charge in [-0.2, -0.15) is 0 Å². The molecule has 0 aliphatic heterocycles. The van der Waals surface area contributed by atoms with Gasteiger partial charge in [0.05, 0.1) is 12.2 Å². The maximum atomic E-state index is 12.0. The SMILES string of the molecule is CC1CCC(C(=O)NCCOc2ccccc2N)CC1. The number of amides is 1. The van der Waals surface area contributed by atoms with E-state index in [0.717, 1.165) is 31.6 Å². The van der Waals surface area contributed by atoms with Crippen LogP contribution in [0.2, 0.25) is 0 Å². The first-order valence-corrected chi connectivity index (χ1v) is 7.42. The molecule has 0 saturated heterocycles. The molecule has 0 radical (unpaired) electrons. The molecule has 0 aromatic heterocycles. The number of nitrogens with two attached hydrogens (primary N) is 1. The quantitative estimate of drug-likeness (QED) is 0.642. The molecule has 1 saturated carbocycles. The molecule has 0 unspecified atom stereocenters. The van der Waals surface area contributed by atoms with E-state index in [1.807, 2.05) is 18.2 Å². The average molecular weight is 276 g/mol. The van der Waals surface area contributed by atoms with Gasteiger partial charge in [0.2, 0.25) is 5.91 Å². The molecular formula is C16H24N2O2. The Morgan fingerprint density at radius 2 is 2.00 bits per heavy atom. The highest BCUT2D eigenvalue weighted by Crippen LogP contribution is 2.28. The summed E-state index contributed by atoms with van der Waals surface area (Å²) in [5.74, 6) is 1.80. The van der Waals surface area contributed by atoms with Crippen LogP contribution in [0.15, 0.2) is 24.3 Å². The van der Waals surface area contributed by atoms with E-state index in [-0.39, 0.29) is 11.8 Å². The van der Waals surface area contributed by atoms with Crippen molar-refractivity contribution in [3.63, 3.8) is 0 Å². The van der Waals surface area contributed by atoms with Gasteiger partial charge in [0.1, 0.15) is 12.4 Å². The maximum Gasteiger partial charge on any atom is 0.223 e. The zero-order chi connectivity index (χ0) is 14.4. The lowest BCUT2D eigenvalue weighted by atomic mass is 9.82. The fourth-order valence-corrected chi connectivity index (χ4v) is 2.61. The van der Waals surface area contributed by atoms with Gasteiger partial charge >= 0.3 is 0 Å². The highest BCUT2D eigenvalue weighted by atomic mass is 16.5. The van der Waals surface area contributed by atoms with Gasteiger partial charge in [-0.3, -0.25) is 4.79 Å². The Balaban J connectivity index is 1.66. The highest BCUT2D eigenvalue weighted by Gasteiger charge is 2.23. The fourth-order valence-electron chi connectivity index (χ4n) is 2.61. The second-order valence-electron chi connectivity index (χ2n) is 5.63. The predicted octanol–water partition coefficient (Wildman–Crippen LogP) is 2.59. The number of ether oxygens (including phenoxy) is 1. The average Bonchev–Trinajstić information content (AvgIpc) is 2.46. The van der Waals surface area contributed by atoms with E-state index in [2.05, 4.69) is 12.2 Å². The number of nitrogens with one attached hydrogen (secondary N) is 1. The molecule has 1 aromatic rings. The molecule has 0 heterocycles. The summed E-state index contributed by atoms with van der Waals surface area (Å²) >= 11 is 0. The number of anilines is 1. The van der Waals surface area contributed by atoms with E-state index in [1.165, 1.54) is 0 Å². The maximum absolute atomic E-state index is 12.0. The molecule has 1 amide bonds. The number of hydrogen-bond donors (Lipinski definition) is 2. The summed E-state index contributed by atoms with van der Waals surface area (Å²) < 4.78 is 5.55. The lowest BCUT2D eigenvalue weighted by Gasteiger charge is -2.25. The molecule has 1 aliphatic carbocycles. The zero-order valence-electron chi connectivity index (χ0n) is 12.1. The Hall–Kier alpha value is -1.71. The van der Waals surface area contributed by atoms with Crippen LogP contribution in [0.4, 0.5) is 5.69 Å². The van der Waals surface area contributed by atoms with Gasteiger partial charge in [-0.15, -0.1) is 0 Å². The van der Waals surface area contributed by atoms with E-state index < -0.39 is 0 Å². The van der Waals surface area contributed by atoms with E-state index in [0.29, 0.717) is 24.6 Å². The van der Waals surface area contributed by atoms with E-state index in [1.54, 1.807) is 6.07 Å². The monoisotopic (exact) mass is 276 g/mol. The third-order valence-electron chi connectivity index (χ3n) is 3.96. The minimum atomic E-state index is 0.168. The third-order valence-corrected chi connectivity index (χ3v) is 3.96. The van der Waals surface area contributed by atoms with Crippen LogP contribution in [0.1, 0.15) is 32.6 Å². The molecular weight excluding hydrogens is 252 g/mol. The van der Waals surface area contributed by atoms with Crippen molar-refractivity contribution in [1.82, 2.24) is 5.32 Å². The number of para-hydroxylation sites is 2. The summed E-state index contributed by atoms with van der Waals surface area (Å²) in [4.78, 5) is 12.0. The first-order valence-electron chi connectivity index (χ1n) is 7.42. The van der Waals surface area contributed by atoms with Crippen LogP contribution >= 0.6 is 0 Å². The summed E-state index contributed by atoms with van der Waals surface area (Å²) in [5, 5.41) is 2.95. The van der Waals surface area contributed by atoms with Crippen LogP contribution < -0.4 is 15.8 Å². The molecule has 0 spiro atoms. The number of benzene rings is 1. The molecule has 1 aromatic carbocycles. The molecule has 20 heavy (non-hydrogen) atoms. The standard InChI is InChI=1S/C16H24N2O2/c1-12-6-8-13(9-7-12)16(19)18-10-11-20-15-5-3-2-4-14(15)17/h2-5,12-13H,6-11,17H2,1H3,(H,18,19). The van der Waals surface area contributed by atoms with Crippen LogP contribution in [-0.4, -0.2) is 19.1 Å². The molecule has 4 nitrogen and oxygen atoms in total. The largest absolute Gasteiger partial charge is 0.490 e. The first-order chi connectivity index (χ1) is 9.66. The van der Waals surface area contributed by atoms with Gasteiger partial charge in [-0.25, -0.2) is 0 Å². The van der Waals surface area contributed by atoms with Crippen LogP contribution in [0.5, 0.6) is 5.75 Å². The first kappa shape index (κ1) is 14.7. The van der Waals surface area contributed by atoms with Crippen LogP contribution in [0.25, 0.3) is 0 Å². The van der Waals surface area contributed by atoms with Crippen molar-refractivity contribution < 1.29 is 9.53 Å².